The number of hydrogen-bond acceptors (Lipinski definition) is 2. The Morgan fingerprint density at radius 2 is 2.00 bits per heavy atom. The number of benzene rings is 1. The van der Waals surface area contributed by atoms with E-state index in [-0.39, 0.29) is 0 Å². The van der Waals surface area contributed by atoms with E-state index in [1.807, 2.05) is 0 Å². The van der Waals surface area contributed by atoms with Crippen LogP contribution in [-0.4, -0.2) is 29.2 Å². The number of likely N-dealkylation sites (tertiary alicyclic amines) is 1. The van der Waals surface area contributed by atoms with Gasteiger partial charge in [-0.2, -0.15) is 0 Å². The molecule has 1 aromatic rings. The molecule has 18 heavy (non-hydrogen) atoms. The van der Waals surface area contributed by atoms with Gasteiger partial charge in [0.25, 0.3) is 0 Å². The van der Waals surface area contributed by atoms with E-state index in [1.165, 1.54) is 29.5 Å². The molecule has 1 saturated heterocycles. The second kappa shape index (κ2) is 5.85. The lowest BCUT2D eigenvalue weighted by Crippen LogP contribution is -2.42. The first kappa shape index (κ1) is 13.6. The minimum absolute atomic E-state index is 0.330. The molecule has 0 saturated carbocycles. The molecule has 0 bridgehead atoms. The monoisotopic (exact) mass is 247 g/mol. The lowest BCUT2D eigenvalue weighted by Gasteiger charge is -2.37. The zero-order valence-electron chi connectivity index (χ0n) is 11.8. The lowest BCUT2D eigenvalue weighted by atomic mass is 9.93. The predicted molar refractivity (Wildman–Crippen MR) is 75.6 cm³/mol. The van der Waals surface area contributed by atoms with E-state index < -0.39 is 0 Å². The summed E-state index contributed by atoms with van der Waals surface area (Å²) >= 11 is 0. The average Bonchev–Trinajstić information content (AvgIpc) is 2.36. The number of hydrogen-bond donors (Lipinski definition) is 1. The summed E-state index contributed by atoms with van der Waals surface area (Å²) in [5.74, 6) is 0.466. The van der Waals surface area contributed by atoms with Gasteiger partial charge in [0.2, 0.25) is 0 Å². The minimum atomic E-state index is 0.330. The fraction of sp³-hybridized carbons (Fsp3) is 0.625. The van der Waals surface area contributed by atoms with Crippen molar-refractivity contribution in [2.75, 3.05) is 13.2 Å². The molecule has 2 atom stereocenters. The topological polar surface area (TPSA) is 23.5 Å². The number of aliphatic hydroxyl groups is 1. The Morgan fingerprint density at radius 3 is 2.67 bits per heavy atom. The maximum atomic E-state index is 9.31. The molecule has 2 rings (SSSR count). The third-order valence-electron chi connectivity index (χ3n) is 4.32. The summed E-state index contributed by atoms with van der Waals surface area (Å²) in [6, 6.07) is 7.37. The second-order valence-corrected chi connectivity index (χ2v) is 5.82. The van der Waals surface area contributed by atoms with Crippen LogP contribution in [0.15, 0.2) is 18.2 Å². The maximum Gasteiger partial charge on any atom is 0.0471 e. The Balaban J connectivity index is 2.04. The zero-order chi connectivity index (χ0) is 13.1. The number of piperidine rings is 1. The quantitative estimate of drug-likeness (QED) is 0.888. The summed E-state index contributed by atoms with van der Waals surface area (Å²) in [5.41, 5.74) is 4.12. The molecule has 2 unspecified atom stereocenters. The normalized spacial score (nSPS) is 25.3. The Kier molecular flexibility index (Phi) is 4.41. The molecule has 1 fully saturated rings. The molecular weight excluding hydrogens is 222 g/mol. The van der Waals surface area contributed by atoms with Crippen LogP contribution in [0.1, 0.15) is 36.5 Å². The first-order valence-electron chi connectivity index (χ1n) is 7.01. The van der Waals surface area contributed by atoms with Crippen molar-refractivity contribution in [3.05, 3.63) is 34.9 Å². The van der Waals surface area contributed by atoms with Gasteiger partial charge in [-0.3, -0.25) is 4.90 Å². The molecule has 2 heteroatoms. The van der Waals surface area contributed by atoms with Crippen molar-refractivity contribution in [1.82, 2.24) is 4.90 Å². The van der Waals surface area contributed by atoms with Crippen molar-refractivity contribution in [1.29, 1.82) is 0 Å². The molecule has 0 aromatic heterocycles. The van der Waals surface area contributed by atoms with Crippen LogP contribution in [0.3, 0.4) is 0 Å². The van der Waals surface area contributed by atoms with Crippen LogP contribution in [0.25, 0.3) is 0 Å². The van der Waals surface area contributed by atoms with Crippen LogP contribution >= 0.6 is 0 Å². The lowest BCUT2D eigenvalue weighted by molar-refractivity contribution is 0.0771. The molecule has 0 spiro atoms. The van der Waals surface area contributed by atoms with Gasteiger partial charge in [-0.25, -0.2) is 0 Å². The largest absolute Gasteiger partial charge is 0.396 e. The van der Waals surface area contributed by atoms with E-state index in [1.54, 1.807) is 0 Å². The minimum Gasteiger partial charge on any atom is -0.396 e. The summed E-state index contributed by atoms with van der Waals surface area (Å²) < 4.78 is 0. The smallest absolute Gasteiger partial charge is 0.0471 e. The Bertz CT molecular complexity index is 402. The van der Waals surface area contributed by atoms with E-state index >= 15 is 0 Å². The van der Waals surface area contributed by atoms with Crippen molar-refractivity contribution < 1.29 is 5.11 Å². The van der Waals surface area contributed by atoms with Crippen molar-refractivity contribution in [3.63, 3.8) is 0 Å². The van der Waals surface area contributed by atoms with Crippen molar-refractivity contribution in [2.45, 2.75) is 46.2 Å². The molecular formula is C16H25NO. The molecule has 1 N–H and O–H groups in total. The number of nitrogens with zero attached hydrogens (tertiary/aromatic N) is 1. The van der Waals surface area contributed by atoms with Crippen molar-refractivity contribution in [3.8, 4) is 0 Å². The summed E-state index contributed by atoms with van der Waals surface area (Å²) in [5, 5.41) is 9.31. The Labute approximate surface area is 111 Å². The predicted octanol–water partition coefficient (Wildman–Crippen LogP) is 2.90. The molecule has 100 valence electrons. The van der Waals surface area contributed by atoms with Gasteiger partial charge < -0.3 is 5.11 Å². The van der Waals surface area contributed by atoms with Crippen LogP contribution < -0.4 is 0 Å². The SMILES string of the molecule is Cc1ccc(CN2CC(CO)CCC2C)cc1C. The molecule has 1 aromatic carbocycles. The van der Waals surface area contributed by atoms with Gasteiger partial charge in [-0.05, 0) is 56.2 Å². The van der Waals surface area contributed by atoms with Gasteiger partial charge in [-0.15, -0.1) is 0 Å². The molecule has 0 amide bonds. The fourth-order valence-corrected chi connectivity index (χ4v) is 2.77. The van der Waals surface area contributed by atoms with Gasteiger partial charge in [0.1, 0.15) is 0 Å². The Morgan fingerprint density at radius 1 is 1.22 bits per heavy atom. The molecule has 0 aliphatic carbocycles. The Hall–Kier alpha value is -0.860. The molecule has 2 nitrogen and oxygen atoms in total. The van der Waals surface area contributed by atoms with E-state index in [4.69, 9.17) is 0 Å². The maximum absolute atomic E-state index is 9.31. The van der Waals surface area contributed by atoms with E-state index in [0.29, 0.717) is 18.6 Å². The van der Waals surface area contributed by atoms with Crippen molar-refractivity contribution in [2.24, 2.45) is 5.92 Å². The summed E-state index contributed by atoms with van der Waals surface area (Å²) in [6.07, 6.45) is 2.37. The van der Waals surface area contributed by atoms with Crippen molar-refractivity contribution >= 4 is 0 Å². The van der Waals surface area contributed by atoms with Crippen LogP contribution in [0.5, 0.6) is 0 Å². The summed E-state index contributed by atoms with van der Waals surface area (Å²) in [7, 11) is 0. The number of aliphatic hydroxyl groups excluding tert-OH is 1. The summed E-state index contributed by atoms with van der Waals surface area (Å²) in [6.45, 7) is 9.01. The highest BCUT2D eigenvalue weighted by Gasteiger charge is 2.24. The van der Waals surface area contributed by atoms with Gasteiger partial charge in [-0.1, -0.05) is 18.2 Å². The fourth-order valence-electron chi connectivity index (χ4n) is 2.77. The summed E-state index contributed by atoms with van der Waals surface area (Å²) in [4.78, 5) is 2.51. The third kappa shape index (κ3) is 3.12. The highest BCUT2D eigenvalue weighted by molar-refractivity contribution is 5.29. The van der Waals surface area contributed by atoms with Crippen LogP contribution in [-0.2, 0) is 6.54 Å². The van der Waals surface area contributed by atoms with E-state index in [9.17, 15) is 5.11 Å². The average molecular weight is 247 g/mol. The third-order valence-corrected chi connectivity index (χ3v) is 4.32. The van der Waals surface area contributed by atoms with Gasteiger partial charge in [0.05, 0.1) is 0 Å². The first-order valence-corrected chi connectivity index (χ1v) is 7.01. The number of aryl methyl sites for hydroxylation is 2. The zero-order valence-corrected chi connectivity index (χ0v) is 11.8. The number of rotatable bonds is 3. The standard InChI is InChI=1S/C16H25NO/c1-12-4-6-15(8-13(12)2)9-17-10-16(11-18)7-5-14(17)3/h4,6,8,14,16,18H,5,7,9-11H2,1-3H3. The van der Waals surface area contributed by atoms with E-state index in [0.717, 1.165) is 13.1 Å². The molecule has 1 heterocycles. The van der Waals surface area contributed by atoms with Gasteiger partial charge in [0, 0.05) is 25.7 Å². The molecule has 1 aliphatic rings. The van der Waals surface area contributed by atoms with Gasteiger partial charge in [0.15, 0.2) is 0 Å². The highest BCUT2D eigenvalue weighted by Crippen LogP contribution is 2.23. The highest BCUT2D eigenvalue weighted by atomic mass is 16.3. The van der Waals surface area contributed by atoms with Crippen LogP contribution in [0.4, 0.5) is 0 Å². The van der Waals surface area contributed by atoms with Crippen LogP contribution in [0.2, 0.25) is 0 Å². The van der Waals surface area contributed by atoms with Crippen LogP contribution in [0, 0.1) is 19.8 Å². The first-order chi connectivity index (χ1) is 8.60. The van der Waals surface area contributed by atoms with E-state index in [2.05, 4.69) is 43.9 Å². The second-order valence-electron chi connectivity index (χ2n) is 5.82. The van der Waals surface area contributed by atoms with Gasteiger partial charge >= 0.3 is 0 Å². The molecule has 1 aliphatic heterocycles. The molecule has 0 radical (unpaired) electrons.